The first-order chi connectivity index (χ1) is 12.5. The fraction of sp³-hybridized carbons (Fsp3) is 0.263. The average Bonchev–Trinajstić information content (AvgIpc) is 3.07. The summed E-state index contributed by atoms with van der Waals surface area (Å²) in [5.41, 5.74) is 0.444. The van der Waals surface area contributed by atoms with Gasteiger partial charge in [-0.25, -0.2) is 4.68 Å². The molecule has 0 saturated heterocycles. The van der Waals surface area contributed by atoms with E-state index in [1.807, 2.05) is 30.3 Å². The molecule has 0 radical (unpaired) electrons. The summed E-state index contributed by atoms with van der Waals surface area (Å²) in [5.74, 6) is 0.567. The van der Waals surface area contributed by atoms with Crippen molar-refractivity contribution in [3.63, 3.8) is 0 Å². The molecule has 4 nitrogen and oxygen atoms in total. The van der Waals surface area contributed by atoms with E-state index in [0.29, 0.717) is 24.2 Å². The molecule has 7 heteroatoms. The molecule has 1 heterocycles. The van der Waals surface area contributed by atoms with Crippen molar-refractivity contribution in [1.29, 1.82) is 0 Å². The molecule has 0 aliphatic rings. The van der Waals surface area contributed by atoms with Crippen LogP contribution in [0.3, 0.4) is 0 Å². The Morgan fingerprint density at radius 1 is 1.00 bits per heavy atom. The Morgan fingerprint density at radius 3 is 2.31 bits per heavy atom. The van der Waals surface area contributed by atoms with Crippen LogP contribution in [0, 0.1) is 0 Å². The summed E-state index contributed by atoms with van der Waals surface area (Å²) in [6.07, 6.45) is -3.32. The Morgan fingerprint density at radius 2 is 1.69 bits per heavy atom. The van der Waals surface area contributed by atoms with Crippen molar-refractivity contribution in [3.8, 4) is 17.0 Å². The third-order valence-electron chi connectivity index (χ3n) is 4.05. The minimum Gasteiger partial charge on any atom is -0.497 e. The van der Waals surface area contributed by atoms with E-state index in [-0.39, 0.29) is 12.2 Å². The van der Waals surface area contributed by atoms with Gasteiger partial charge in [0.15, 0.2) is 5.69 Å². The van der Waals surface area contributed by atoms with Crippen molar-refractivity contribution in [2.45, 2.75) is 25.6 Å². The van der Waals surface area contributed by atoms with Crippen LogP contribution in [0.5, 0.6) is 5.75 Å². The molecule has 2 aromatic carbocycles. The van der Waals surface area contributed by atoms with E-state index in [2.05, 4.69) is 10.3 Å². The van der Waals surface area contributed by atoms with Crippen molar-refractivity contribution < 1.29 is 17.9 Å². The maximum Gasteiger partial charge on any atom is 0.435 e. The van der Waals surface area contributed by atoms with Crippen LogP contribution in [-0.2, 0) is 19.1 Å². The van der Waals surface area contributed by atoms with Gasteiger partial charge in [-0.05, 0) is 42.7 Å². The second-order valence-electron chi connectivity index (χ2n) is 5.83. The molecule has 0 saturated carbocycles. The zero-order valence-corrected chi connectivity index (χ0v) is 14.2. The highest BCUT2D eigenvalue weighted by Gasteiger charge is 2.39. The number of hydrogen-bond donors (Lipinski definition) is 0. The summed E-state index contributed by atoms with van der Waals surface area (Å²) in [6, 6.07) is 15.9. The van der Waals surface area contributed by atoms with Crippen LogP contribution in [0.25, 0.3) is 11.3 Å². The van der Waals surface area contributed by atoms with Crippen molar-refractivity contribution in [1.82, 2.24) is 15.0 Å². The molecule has 0 aliphatic heterocycles. The lowest BCUT2D eigenvalue weighted by molar-refractivity contribution is -0.143. The van der Waals surface area contributed by atoms with Gasteiger partial charge < -0.3 is 4.74 Å². The zero-order valence-electron chi connectivity index (χ0n) is 14.2. The Hall–Kier alpha value is -2.83. The highest BCUT2D eigenvalue weighted by atomic mass is 19.4. The highest BCUT2D eigenvalue weighted by Crippen LogP contribution is 2.36. The maximum atomic E-state index is 13.6. The van der Waals surface area contributed by atoms with Crippen molar-refractivity contribution in [3.05, 3.63) is 65.9 Å². The van der Waals surface area contributed by atoms with Crippen molar-refractivity contribution in [2.75, 3.05) is 7.11 Å². The maximum absolute atomic E-state index is 13.6. The Labute approximate surface area is 149 Å². The number of halogens is 3. The Bertz CT molecular complexity index is 843. The summed E-state index contributed by atoms with van der Waals surface area (Å²) < 4.78 is 46.8. The van der Waals surface area contributed by atoms with E-state index >= 15 is 0 Å². The molecule has 136 valence electrons. The van der Waals surface area contributed by atoms with Gasteiger partial charge in [0, 0.05) is 12.1 Å². The fourth-order valence-electron chi connectivity index (χ4n) is 2.77. The lowest BCUT2D eigenvalue weighted by atomic mass is 10.1. The molecule has 3 aromatic rings. The number of aryl methyl sites for hydroxylation is 2. The topological polar surface area (TPSA) is 39.9 Å². The summed E-state index contributed by atoms with van der Waals surface area (Å²) in [7, 11) is 1.50. The number of methoxy groups -OCH3 is 1. The SMILES string of the molecule is COc1ccc(-c2nnn(CCCc3ccccc3)c2C(F)(F)F)cc1. The first-order valence-electron chi connectivity index (χ1n) is 8.18. The molecule has 3 rings (SSSR count). The fourth-order valence-corrected chi connectivity index (χ4v) is 2.77. The van der Waals surface area contributed by atoms with E-state index in [0.717, 1.165) is 10.2 Å². The zero-order chi connectivity index (χ0) is 18.6. The van der Waals surface area contributed by atoms with E-state index in [1.54, 1.807) is 24.3 Å². The van der Waals surface area contributed by atoms with Crippen LogP contribution in [0.4, 0.5) is 13.2 Å². The first-order valence-corrected chi connectivity index (χ1v) is 8.18. The standard InChI is InChI=1S/C19H18F3N3O/c1-26-16-11-9-15(10-12-16)17-18(19(20,21)22)25(24-23-17)13-5-8-14-6-3-2-4-7-14/h2-4,6-7,9-12H,5,8,13H2,1H3. The van der Waals surface area contributed by atoms with Gasteiger partial charge in [0.1, 0.15) is 11.4 Å². The van der Waals surface area contributed by atoms with Crippen LogP contribution in [0.2, 0.25) is 0 Å². The van der Waals surface area contributed by atoms with E-state index in [1.165, 1.54) is 7.11 Å². The summed E-state index contributed by atoms with van der Waals surface area (Å²) in [6.45, 7) is 0.146. The third-order valence-corrected chi connectivity index (χ3v) is 4.05. The van der Waals surface area contributed by atoms with Gasteiger partial charge in [0.05, 0.1) is 7.11 Å². The van der Waals surface area contributed by atoms with Gasteiger partial charge in [-0.15, -0.1) is 5.10 Å². The molecule has 0 bridgehead atoms. The number of benzene rings is 2. The van der Waals surface area contributed by atoms with Gasteiger partial charge in [-0.1, -0.05) is 35.5 Å². The third kappa shape index (κ3) is 4.04. The summed E-state index contributed by atoms with van der Waals surface area (Å²) >= 11 is 0. The Balaban J connectivity index is 1.83. The molecule has 26 heavy (non-hydrogen) atoms. The lowest BCUT2D eigenvalue weighted by Gasteiger charge is -2.11. The molecule has 0 fully saturated rings. The first kappa shape index (κ1) is 18.0. The van der Waals surface area contributed by atoms with Gasteiger partial charge in [-0.3, -0.25) is 0 Å². The summed E-state index contributed by atoms with van der Waals surface area (Å²) in [5, 5.41) is 7.53. The molecule has 0 amide bonds. The lowest BCUT2D eigenvalue weighted by Crippen LogP contribution is -2.16. The second-order valence-corrected chi connectivity index (χ2v) is 5.83. The molecule has 0 atom stereocenters. The van der Waals surface area contributed by atoms with Crippen molar-refractivity contribution >= 4 is 0 Å². The minimum atomic E-state index is -4.54. The monoisotopic (exact) mass is 361 g/mol. The molecular weight excluding hydrogens is 343 g/mol. The van der Waals surface area contributed by atoms with Crippen molar-refractivity contribution in [2.24, 2.45) is 0 Å². The molecule has 0 unspecified atom stereocenters. The Kier molecular flexibility index (Phi) is 5.25. The van der Waals surface area contributed by atoms with Crippen LogP contribution >= 0.6 is 0 Å². The highest BCUT2D eigenvalue weighted by molar-refractivity contribution is 5.62. The quantitative estimate of drug-likeness (QED) is 0.644. The number of alkyl halides is 3. The van der Waals surface area contributed by atoms with Gasteiger partial charge in [0.2, 0.25) is 0 Å². The number of hydrogen-bond acceptors (Lipinski definition) is 3. The van der Waals surface area contributed by atoms with E-state index < -0.39 is 11.9 Å². The molecule has 1 aromatic heterocycles. The molecule has 0 spiro atoms. The molecule has 0 aliphatic carbocycles. The van der Waals surface area contributed by atoms with E-state index in [9.17, 15) is 13.2 Å². The number of rotatable bonds is 6. The molecule has 0 N–H and O–H groups in total. The van der Waals surface area contributed by atoms with Gasteiger partial charge in [-0.2, -0.15) is 13.2 Å². The largest absolute Gasteiger partial charge is 0.497 e. The van der Waals surface area contributed by atoms with Gasteiger partial charge >= 0.3 is 6.18 Å². The smallest absolute Gasteiger partial charge is 0.435 e. The summed E-state index contributed by atoms with van der Waals surface area (Å²) in [4.78, 5) is 0. The number of ether oxygens (including phenoxy) is 1. The van der Waals surface area contributed by atoms with E-state index in [4.69, 9.17) is 4.74 Å². The van der Waals surface area contributed by atoms with Gasteiger partial charge in [0.25, 0.3) is 0 Å². The van der Waals surface area contributed by atoms with Crippen LogP contribution in [-0.4, -0.2) is 22.1 Å². The average molecular weight is 361 g/mol. The predicted octanol–water partition coefficient (Wildman–Crippen LogP) is 4.61. The normalized spacial score (nSPS) is 11.5. The van der Waals surface area contributed by atoms with Crippen LogP contribution in [0.15, 0.2) is 54.6 Å². The molecular formula is C19H18F3N3O. The second kappa shape index (κ2) is 7.59. The van der Waals surface area contributed by atoms with Crippen LogP contribution < -0.4 is 4.74 Å². The number of aromatic nitrogens is 3. The number of nitrogens with zero attached hydrogens (tertiary/aromatic N) is 3. The van der Waals surface area contributed by atoms with Crippen LogP contribution in [0.1, 0.15) is 17.7 Å². The predicted molar refractivity (Wildman–Crippen MR) is 91.8 cm³/mol. The minimum absolute atomic E-state index is 0.146.